The average molecular weight is 270 g/mol. The third-order valence-corrected chi connectivity index (χ3v) is 3.85. The van der Waals surface area contributed by atoms with Crippen molar-refractivity contribution in [1.29, 1.82) is 0 Å². The lowest BCUT2D eigenvalue weighted by Gasteiger charge is -2.22. The molecule has 0 atom stereocenters. The Kier molecular flexibility index (Phi) is 3.52. The minimum atomic E-state index is -0.366. The van der Waals surface area contributed by atoms with Crippen molar-refractivity contribution < 1.29 is 4.79 Å². The molecule has 0 aromatic carbocycles. The van der Waals surface area contributed by atoms with Crippen molar-refractivity contribution in [2.75, 3.05) is 13.1 Å². The topological polar surface area (TPSA) is 83.8 Å². The molecule has 3 heterocycles. The van der Waals surface area contributed by atoms with Gasteiger partial charge in [-0.3, -0.25) is 9.78 Å². The van der Waals surface area contributed by atoms with Gasteiger partial charge in [0.1, 0.15) is 0 Å². The van der Waals surface area contributed by atoms with Crippen molar-refractivity contribution in [2.45, 2.75) is 18.8 Å². The number of H-pyrrole nitrogens is 1. The lowest BCUT2D eigenvalue weighted by molar-refractivity contribution is 0.0999. The first kappa shape index (κ1) is 12.9. The van der Waals surface area contributed by atoms with Gasteiger partial charge < -0.3 is 16.0 Å². The molecule has 5 heteroatoms. The maximum absolute atomic E-state index is 11.7. The lowest BCUT2D eigenvalue weighted by atomic mass is 9.92. The van der Waals surface area contributed by atoms with Crippen molar-refractivity contribution >= 4 is 5.91 Å². The highest BCUT2D eigenvalue weighted by Gasteiger charge is 2.23. The van der Waals surface area contributed by atoms with Crippen molar-refractivity contribution in [3.8, 4) is 11.3 Å². The van der Waals surface area contributed by atoms with Crippen LogP contribution in [0.25, 0.3) is 11.3 Å². The third-order valence-electron chi connectivity index (χ3n) is 3.85. The number of piperidine rings is 1. The molecule has 0 unspecified atom stereocenters. The maximum Gasteiger partial charge on any atom is 0.250 e. The molecule has 1 aliphatic heterocycles. The molecule has 20 heavy (non-hydrogen) atoms. The van der Waals surface area contributed by atoms with Crippen LogP contribution in [0.3, 0.4) is 0 Å². The molecule has 2 aromatic heterocycles. The summed E-state index contributed by atoms with van der Waals surface area (Å²) in [7, 11) is 0. The van der Waals surface area contributed by atoms with Crippen LogP contribution in [-0.4, -0.2) is 29.0 Å². The number of rotatable bonds is 3. The number of aromatic amines is 1. The molecule has 4 N–H and O–H groups in total. The van der Waals surface area contributed by atoms with Crippen LogP contribution < -0.4 is 11.1 Å². The Hall–Kier alpha value is -2.14. The van der Waals surface area contributed by atoms with E-state index in [1.165, 1.54) is 0 Å². The molecule has 1 fully saturated rings. The Morgan fingerprint density at radius 3 is 2.60 bits per heavy atom. The van der Waals surface area contributed by atoms with E-state index in [9.17, 15) is 4.79 Å². The van der Waals surface area contributed by atoms with Gasteiger partial charge in [0, 0.05) is 35.3 Å². The first-order valence-electron chi connectivity index (χ1n) is 6.89. The minimum absolute atomic E-state index is 0.366. The summed E-state index contributed by atoms with van der Waals surface area (Å²) in [5, 5.41) is 3.33. The molecule has 0 saturated carbocycles. The Morgan fingerprint density at radius 2 is 1.95 bits per heavy atom. The SMILES string of the molecule is NC(=O)c1cc(-c2ccncc2)[nH]c1C1CCNCC1. The third kappa shape index (κ3) is 2.44. The second-order valence-corrected chi connectivity index (χ2v) is 5.13. The number of nitrogens with one attached hydrogen (secondary N) is 2. The smallest absolute Gasteiger partial charge is 0.250 e. The molecule has 0 aliphatic carbocycles. The molecule has 0 spiro atoms. The van der Waals surface area contributed by atoms with Crippen LogP contribution in [0, 0.1) is 0 Å². The molecule has 1 aliphatic rings. The van der Waals surface area contributed by atoms with E-state index in [-0.39, 0.29) is 5.91 Å². The van der Waals surface area contributed by atoms with E-state index in [1.54, 1.807) is 12.4 Å². The lowest BCUT2D eigenvalue weighted by Crippen LogP contribution is -2.28. The number of amides is 1. The highest BCUT2D eigenvalue weighted by Crippen LogP contribution is 2.31. The van der Waals surface area contributed by atoms with Gasteiger partial charge in [-0.1, -0.05) is 0 Å². The van der Waals surface area contributed by atoms with Gasteiger partial charge in [0.25, 0.3) is 5.91 Å². The summed E-state index contributed by atoms with van der Waals surface area (Å²) in [5.74, 6) is 0.00410. The van der Waals surface area contributed by atoms with Crippen molar-refractivity contribution in [1.82, 2.24) is 15.3 Å². The molecular weight excluding hydrogens is 252 g/mol. The number of hydrogen-bond acceptors (Lipinski definition) is 3. The zero-order valence-electron chi connectivity index (χ0n) is 11.2. The quantitative estimate of drug-likeness (QED) is 0.792. The summed E-state index contributed by atoms with van der Waals surface area (Å²) in [4.78, 5) is 19.1. The predicted molar refractivity (Wildman–Crippen MR) is 77.4 cm³/mol. The van der Waals surface area contributed by atoms with Crippen LogP contribution in [0.1, 0.15) is 34.8 Å². The number of carbonyl (C=O) groups is 1. The van der Waals surface area contributed by atoms with Crippen LogP contribution in [0.4, 0.5) is 0 Å². The first-order chi connectivity index (χ1) is 9.75. The number of nitrogens with two attached hydrogens (primary N) is 1. The molecule has 1 saturated heterocycles. The number of primary amides is 1. The summed E-state index contributed by atoms with van der Waals surface area (Å²) in [5.41, 5.74) is 9.06. The van der Waals surface area contributed by atoms with Gasteiger partial charge in [0.15, 0.2) is 0 Å². The fourth-order valence-electron chi connectivity index (χ4n) is 2.79. The second-order valence-electron chi connectivity index (χ2n) is 5.13. The summed E-state index contributed by atoms with van der Waals surface area (Å²) in [6.45, 7) is 1.96. The summed E-state index contributed by atoms with van der Waals surface area (Å²) < 4.78 is 0. The van der Waals surface area contributed by atoms with E-state index in [0.717, 1.165) is 42.9 Å². The number of carbonyl (C=O) groups excluding carboxylic acids is 1. The highest BCUT2D eigenvalue weighted by atomic mass is 16.1. The van der Waals surface area contributed by atoms with Crippen molar-refractivity contribution in [2.24, 2.45) is 5.73 Å². The average Bonchev–Trinajstić information content (AvgIpc) is 2.94. The Bertz CT molecular complexity index is 600. The van der Waals surface area contributed by atoms with Crippen LogP contribution >= 0.6 is 0 Å². The highest BCUT2D eigenvalue weighted by molar-refractivity contribution is 5.95. The fourth-order valence-corrected chi connectivity index (χ4v) is 2.79. The number of hydrogen-bond donors (Lipinski definition) is 3. The molecule has 0 radical (unpaired) electrons. The maximum atomic E-state index is 11.7. The largest absolute Gasteiger partial charge is 0.366 e. The molecule has 0 bridgehead atoms. The molecule has 2 aromatic rings. The van der Waals surface area contributed by atoms with Gasteiger partial charge in [-0.15, -0.1) is 0 Å². The Morgan fingerprint density at radius 1 is 1.25 bits per heavy atom. The summed E-state index contributed by atoms with van der Waals surface area (Å²) >= 11 is 0. The van der Waals surface area contributed by atoms with E-state index >= 15 is 0 Å². The van der Waals surface area contributed by atoms with Gasteiger partial charge in [0.05, 0.1) is 5.56 Å². The van der Waals surface area contributed by atoms with E-state index in [0.29, 0.717) is 11.5 Å². The number of aromatic nitrogens is 2. The zero-order chi connectivity index (χ0) is 13.9. The second kappa shape index (κ2) is 5.46. The summed E-state index contributed by atoms with van der Waals surface area (Å²) in [6.07, 6.45) is 5.53. The number of nitrogens with zero attached hydrogens (tertiary/aromatic N) is 1. The van der Waals surface area contributed by atoms with Crippen molar-refractivity contribution in [3.63, 3.8) is 0 Å². The normalized spacial score (nSPS) is 16.2. The van der Waals surface area contributed by atoms with Crippen LogP contribution in [-0.2, 0) is 0 Å². The van der Waals surface area contributed by atoms with E-state index < -0.39 is 0 Å². The van der Waals surface area contributed by atoms with Gasteiger partial charge in [0.2, 0.25) is 0 Å². The van der Waals surface area contributed by atoms with Crippen molar-refractivity contribution in [3.05, 3.63) is 41.9 Å². The van der Waals surface area contributed by atoms with E-state index in [4.69, 9.17) is 5.73 Å². The van der Waals surface area contributed by atoms with Gasteiger partial charge in [-0.2, -0.15) is 0 Å². The van der Waals surface area contributed by atoms with Gasteiger partial charge >= 0.3 is 0 Å². The zero-order valence-corrected chi connectivity index (χ0v) is 11.2. The van der Waals surface area contributed by atoms with Gasteiger partial charge in [-0.05, 0) is 44.1 Å². The molecule has 5 nitrogen and oxygen atoms in total. The minimum Gasteiger partial charge on any atom is -0.366 e. The Balaban J connectivity index is 2.00. The summed E-state index contributed by atoms with van der Waals surface area (Å²) in [6, 6.07) is 5.70. The predicted octanol–water partition coefficient (Wildman–Crippen LogP) is 1.64. The fraction of sp³-hybridized carbons (Fsp3) is 0.333. The monoisotopic (exact) mass is 270 g/mol. The molecule has 104 valence electrons. The van der Waals surface area contributed by atoms with E-state index in [1.807, 2.05) is 18.2 Å². The molecular formula is C15H18N4O. The van der Waals surface area contributed by atoms with Crippen LogP contribution in [0.2, 0.25) is 0 Å². The molecule has 3 rings (SSSR count). The van der Waals surface area contributed by atoms with E-state index in [2.05, 4.69) is 15.3 Å². The van der Waals surface area contributed by atoms with Crippen LogP contribution in [0.15, 0.2) is 30.6 Å². The Labute approximate surface area is 117 Å². The van der Waals surface area contributed by atoms with Crippen LogP contribution in [0.5, 0.6) is 0 Å². The number of pyridine rings is 1. The first-order valence-corrected chi connectivity index (χ1v) is 6.89. The van der Waals surface area contributed by atoms with Gasteiger partial charge in [-0.25, -0.2) is 0 Å². The standard InChI is InChI=1S/C15H18N4O/c16-15(20)12-9-13(10-1-5-17-6-2-10)19-14(12)11-3-7-18-8-4-11/h1-2,5-6,9,11,18-19H,3-4,7-8H2,(H2,16,20). The molecule has 1 amide bonds.